The second kappa shape index (κ2) is 3.91. The molecule has 0 fully saturated rings. The molecule has 0 saturated heterocycles. The van der Waals surface area contributed by atoms with Gasteiger partial charge in [0.2, 0.25) is 0 Å². The van der Waals surface area contributed by atoms with Gasteiger partial charge in [0, 0.05) is 0 Å². The maximum Gasteiger partial charge on any atom is -0.0305 e. The smallest absolute Gasteiger partial charge is 0.0305 e. The lowest BCUT2D eigenvalue weighted by Crippen LogP contribution is -1.68. The highest BCUT2D eigenvalue weighted by Gasteiger charge is 1.77. The van der Waals surface area contributed by atoms with E-state index in [0.717, 1.165) is 12.8 Å². The molecule has 7 heavy (non-hydrogen) atoms. The first-order valence-corrected chi connectivity index (χ1v) is 2.87. The highest BCUT2D eigenvalue weighted by atomic mass is 13.8. The van der Waals surface area contributed by atoms with Crippen molar-refractivity contribution in [2.24, 2.45) is 0 Å². The van der Waals surface area contributed by atoms with Gasteiger partial charge in [0.25, 0.3) is 0 Å². The molecule has 0 nitrogen and oxygen atoms in total. The van der Waals surface area contributed by atoms with Crippen LogP contribution in [0.25, 0.3) is 0 Å². The molecule has 0 atom stereocenters. The molecule has 0 N–H and O–H groups in total. The summed E-state index contributed by atoms with van der Waals surface area (Å²) >= 11 is 0. The Balaban J connectivity index is 3.29. The van der Waals surface area contributed by atoms with Crippen molar-refractivity contribution in [1.82, 2.24) is 0 Å². The van der Waals surface area contributed by atoms with E-state index in [9.17, 15) is 0 Å². The molecule has 0 heterocycles. The maximum atomic E-state index is 3.21. The number of allylic oxidation sites excluding steroid dienone is 2. The third-order valence-corrected chi connectivity index (χ3v) is 1.01. The minimum absolute atomic E-state index is 1.06. The van der Waals surface area contributed by atoms with Gasteiger partial charge in [-0.1, -0.05) is 19.4 Å². The zero-order valence-corrected chi connectivity index (χ0v) is 5.41. The van der Waals surface area contributed by atoms with E-state index in [1.807, 2.05) is 0 Å². The number of rotatable bonds is 2. The fraction of sp³-hybridized carbons (Fsp3) is 0.714. The number of hydrogen-bond donors (Lipinski definition) is 0. The predicted octanol–water partition coefficient (Wildman–Crippen LogP) is 2.56. The van der Waals surface area contributed by atoms with Crippen LogP contribution in [0.2, 0.25) is 0 Å². The summed E-state index contributed by atoms with van der Waals surface area (Å²) in [6, 6.07) is 0. The van der Waals surface area contributed by atoms with Gasteiger partial charge in [-0.3, -0.25) is 0 Å². The van der Waals surface area contributed by atoms with E-state index in [0.29, 0.717) is 0 Å². The third kappa shape index (κ3) is 3.57. The van der Waals surface area contributed by atoms with E-state index in [4.69, 9.17) is 0 Å². The zero-order valence-electron chi connectivity index (χ0n) is 5.41. The summed E-state index contributed by atoms with van der Waals surface area (Å²) in [5, 5.41) is 0. The van der Waals surface area contributed by atoms with Crippen molar-refractivity contribution in [3.05, 3.63) is 11.6 Å². The number of hydrogen-bond acceptors (Lipinski definition) is 0. The molecule has 0 aromatic carbocycles. The summed E-state index contributed by atoms with van der Waals surface area (Å²) in [6.45, 7) is 6.38. The van der Waals surface area contributed by atoms with Crippen LogP contribution in [0.3, 0.4) is 0 Å². The van der Waals surface area contributed by atoms with Crippen molar-refractivity contribution >= 4 is 0 Å². The fourth-order valence-corrected chi connectivity index (χ4v) is 0.427. The van der Waals surface area contributed by atoms with Gasteiger partial charge in [-0.25, -0.2) is 0 Å². The first kappa shape index (κ1) is 6.74. The van der Waals surface area contributed by atoms with Gasteiger partial charge in [-0.15, -0.1) is 0 Å². The van der Waals surface area contributed by atoms with Crippen LogP contribution in [0.15, 0.2) is 5.57 Å². The third-order valence-electron chi connectivity index (χ3n) is 1.01. The van der Waals surface area contributed by atoms with Crippen LogP contribution in [0.1, 0.15) is 33.6 Å². The zero-order chi connectivity index (χ0) is 5.70. The van der Waals surface area contributed by atoms with E-state index < -0.39 is 0 Å². The molecule has 0 unspecified atom stereocenters. The molecule has 0 rings (SSSR count). The van der Waals surface area contributed by atoms with Gasteiger partial charge in [-0.2, -0.15) is 0 Å². The van der Waals surface area contributed by atoms with Crippen molar-refractivity contribution in [2.45, 2.75) is 33.6 Å². The maximum absolute atomic E-state index is 3.21. The van der Waals surface area contributed by atoms with Crippen LogP contribution in [-0.4, -0.2) is 0 Å². The lowest BCUT2D eigenvalue weighted by Gasteiger charge is -1.87. The summed E-state index contributed by atoms with van der Waals surface area (Å²) < 4.78 is 0. The Morgan fingerprint density at radius 1 is 1.43 bits per heavy atom. The van der Waals surface area contributed by atoms with Gasteiger partial charge >= 0.3 is 0 Å². The molecule has 41 valence electrons. The van der Waals surface area contributed by atoms with Gasteiger partial charge in [0.1, 0.15) is 0 Å². The van der Waals surface area contributed by atoms with E-state index in [1.165, 1.54) is 5.57 Å². The molecule has 0 aliphatic carbocycles. The fourth-order valence-electron chi connectivity index (χ4n) is 0.427. The predicted molar refractivity (Wildman–Crippen MR) is 33.0 cm³/mol. The summed E-state index contributed by atoms with van der Waals surface area (Å²) in [7, 11) is 0. The standard InChI is InChI=1S/C7H13/c1-4-6-7(3)5-2/h4-5H2,1-3H3. The largest absolute Gasteiger partial charge is 0.0701 e. The minimum Gasteiger partial charge on any atom is -0.0701 e. The molecule has 0 saturated carbocycles. The molecular formula is C7H13. The van der Waals surface area contributed by atoms with Gasteiger partial charge in [-0.05, 0) is 25.8 Å². The van der Waals surface area contributed by atoms with E-state index >= 15 is 0 Å². The second-order valence-electron chi connectivity index (χ2n) is 1.66. The molecular weight excluding hydrogens is 84.1 g/mol. The Hall–Kier alpha value is -0.260. The Labute approximate surface area is 46.2 Å². The lowest BCUT2D eigenvalue weighted by atomic mass is 10.2. The molecule has 0 aromatic rings. The van der Waals surface area contributed by atoms with Crippen molar-refractivity contribution in [1.29, 1.82) is 0 Å². The summed E-state index contributed by atoms with van der Waals surface area (Å²) in [6.07, 6.45) is 5.41. The van der Waals surface area contributed by atoms with Crippen molar-refractivity contribution in [3.8, 4) is 0 Å². The summed E-state index contributed by atoms with van der Waals surface area (Å²) in [5.74, 6) is 0. The Morgan fingerprint density at radius 3 is 2.14 bits per heavy atom. The molecule has 0 aliphatic heterocycles. The van der Waals surface area contributed by atoms with Crippen LogP contribution in [-0.2, 0) is 0 Å². The summed E-state index contributed by atoms with van der Waals surface area (Å²) in [4.78, 5) is 0. The summed E-state index contributed by atoms with van der Waals surface area (Å²) in [5.41, 5.74) is 1.38. The molecule has 1 radical (unpaired) electrons. The van der Waals surface area contributed by atoms with Crippen molar-refractivity contribution < 1.29 is 0 Å². The van der Waals surface area contributed by atoms with Crippen LogP contribution in [0.5, 0.6) is 0 Å². The average molecular weight is 97.2 g/mol. The molecule has 0 spiro atoms. The topological polar surface area (TPSA) is 0 Å². The highest BCUT2D eigenvalue weighted by Crippen LogP contribution is 1.96. The van der Waals surface area contributed by atoms with E-state index in [2.05, 4.69) is 26.8 Å². The highest BCUT2D eigenvalue weighted by molar-refractivity contribution is 4.89. The van der Waals surface area contributed by atoms with Crippen LogP contribution < -0.4 is 0 Å². The van der Waals surface area contributed by atoms with Gasteiger partial charge < -0.3 is 0 Å². The minimum atomic E-state index is 1.06. The van der Waals surface area contributed by atoms with Crippen LogP contribution in [0, 0.1) is 6.08 Å². The monoisotopic (exact) mass is 97.1 g/mol. The molecule has 0 bridgehead atoms. The second-order valence-corrected chi connectivity index (χ2v) is 1.66. The lowest BCUT2D eigenvalue weighted by molar-refractivity contribution is 1.03. The first-order chi connectivity index (χ1) is 3.31. The normalized spacial score (nSPS) is 12.1. The van der Waals surface area contributed by atoms with E-state index in [1.54, 1.807) is 0 Å². The molecule has 0 heteroatoms. The molecule has 0 aromatic heterocycles. The average Bonchev–Trinajstić information content (AvgIpc) is 1.68. The Kier molecular flexibility index (Phi) is 3.77. The van der Waals surface area contributed by atoms with Crippen LogP contribution in [0.4, 0.5) is 0 Å². The van der Waals surface area contributed by atoms with Gasteiger partial charge in [0.05, 0.1) is 0 Å². The van der Waals surface area contributed by atoms with Crippen LogP contribution >= 0.6 is 0 Å². The Morgan fingerprint density at radius 2 is 2.00 bits per heavy atom. The molecule has 0 amide bonds. The molecule has 0 aliphatic rings. The quantitative estimate of drug-likeness (QED) is 0.496. The first-order valence-electron chi connectivity index (χ1n) is 2.87. The van der Waals surface area contributed by atoms with Gasteiger partial charge in [0.15, 0.2) is 0 Å². The van der Waals surface area contributed by atoms with Crippen molar-refractivity contribution in [3.63, 3.8) is 0 Å². The Bertz CT molecular complexity index is 60.4. The SMILES string of the molecule is CC/[C]=C(/C)CC. The van der Waals surface area contributed by atoms with E-state index in [-0.39, 0.29) is 0 Å². The van der Waals surface area contributed by atoms with Crippen molar-refractivity contribution in [2.75, 3.05) is 0 Å².